The summed E-state index contributed by atoms with van der Waals surface area (Å²) in [6, 6.07) is 14.8. The minimum Gasteiger partial charge on any atom is -0.493 e. The van der Waals surface area contributed by atoms with Crippen LogP contribution in [0.4, 0.5) is 10.5 Å². The number of ether oxygens (including phenoxy) is 2. The summed E-state index contributed by atoms with van der Waals surface area (Å²) in [7, 11) is 3.21. The van der Waals surface area contributed by atoms with E-state index in [2.05, 4.69) is 12.2 Å². The van der Waals surface area contributed by atoms with Gasteiger partial charge < -0.3 is 24.6 Å². The third-order valence-electron chi connectivity index (χ3n) is 6.22. The molecular weight excluding hydrogens is 522 g/mol. The van der Waals surface area contributed by atoms with Crippen molar-refractivity contribution in [2.45, 2.75) is 39.7 Å². The Morgan fingerprint density at radius 2 is 1.79 bits per heavy atom. The molecule has 3 rings (SSSR count). The number of halogens is 1. The number of aryl methyl sites for hydroxylation is 1. The van der Waals surface area contributed by atoms with Crippen molar-refractivity contribution in [3.63, 3.8) is 0 Å². The van der Waals surface area contributed by atoms with Crippen LogP contribution in [0, 0.1) is 6.92 Å². The SMILES string of the molecule is CCCCN(CC(=O)N(CCc1ccc(OC)c(OC)c1)Cc1cccs1)C(=O)Nc1ccc(C)c(Cl)c1. The molecule has 0 saturated carbocycles. The van der Waals surface area contributed by atoms with Crippen LogP contribution in [0.5, 0.6) is 11.5 Å². The smallest absolute Gasteiger partial charge is 0.322 e. The Hall–Kier alpha value is -3.23. The maximum atomic E-state index is 13.6. The first-order valence-electron chi connectivity index (χ1n) is 12.7. The number of carbonyl (C=O) groups excluding carboxylic acids is 2. The van der Waals surface area contributed by atoms with Crippen molar-refractivity contribution in [1.82, 2.24) is 9.80 Å². The zero-order valence-electron chi connectivity index (χ0n) is 22.5. The Balaban J connectivity index is 1.74. The third-order valence-corrected chi connectivity index (χ3v) is 7.48. The van der Waals surface area contributed by atoms with E-state index in [9.17, 15) is 9.59 Å². The lowest BCUT2D eigenvalue weighted by atomic mass is 10.1. The molecule has 0 radical (unpaired) electrons. The molecule has 1 aromatic heterocycles. The van der Waals surface area contributed by atoms with Gasteiger partial charge in [0.05, 0.1) is 20.8 Å². The van der Waals surface area contributed by atoms with Crippen molar-refractivity contribution < 1.29 is 19.1 Å². The van der Waals surface area contributed by atoms with Crippen molar-refractivity contribution in [3.8, 4) is 11.5 Å². The standard InChI is InChI=1S/C29H36ClN3O4S/c1-5-6-14-33(29(35)31-23-11-9-21(2)25(30)18-23)20-28(34)32(19-24-8-7-16-38-24)15-13-22-10-12-26(36-3)27(17-22)37-4/h7-12,16-18H,5-6,13-15,19-20H2,1-4H3,(H,31,35). The molecule has 0 bridgehead atoms. The van der Waals surface area contributed by atoms with Gasteiger partial charge in [-0.2, -0.15) is 0 Å². The Morgan fingerprint density at radius 1 is 1.00 bits per heavy atom. The van der Waals surface area contributed by atoms with Gasteiger partial charge in [-0.3, -0.25) is 4.79 Å². The van der Waals surface area contributed by atoms with E-state index >= 15 is 0 Å². The Bertz CT molecular complexity index is 1200. The molecule has 0 atom stereocenters. The lowest BCUT2D eigenvalue weighted by Gasteiger charge is -2.28. The Labute approximate surface area is 234 Å². The largest absolute Gasteiger partial charge is 0.493 e. The number of hydrogen-bond donors (Lipinski definition) is 1. The van der Waals surface area contributed by atoms with E-state index in [1.54, 1.807) is 36.5 Å². The number of hydrogen-bond acceptors (Lipinski definition) is 5. The van der Waals surface area contributed by atoms with Gasteiger partial charge in [0.15, 0.2) is 11.5 Å². The molecule has 1 heterocycles. The Kier molecular flexibility index (Phi) is 11.3. The van der Waals surface area contributed by atoms with Crippen LogP contribution in [0.1, 0.15) is 35.8 Å². The average molecular weight is 558 g/mol. The van der Waals surface area contributed by atoms with Crippen LogP contribution in [0.25, 0.3) is 0 Å². The van der Waals surface area contributed by atoms with Gasteiger partial charge in [-0.15, -0.1) is 11.3 Å². The summed E-state index contributed by atoms with van der Waals surface area (Å²) in [6.07, 6.45) is 2.35. The number of rotatable bonds is 13. The summed E-state index contributed by atoms with van der Waals surface area (Å²) in [4.78, 5) is 31.2. The highest BCUT2D eigenvalue weighted by Gasteiger charge is 2.22. The van der Waals surface area contributed by atoms with Gasteiger partial charge in [0.25, 0.3) is 0 Å². The molecule has 0 spiro atoms. The number of benzene rings is 2. The van der Waals surface area contributed by atoms with Crippen LogP contribution in [-0.2, 0) is 17.8 Å². The number of thiophene rings is 1. The minimum absolute atomic E-state index is 0.0112. The van der Waals surface area contributed by atoms with Crippen molar-refractivity contribution in [1.29, 1.82) is 0 Å². The first-order chi connectivity index (χ1) is 18.3. The van der Waals surface area contributed by atoms with Crippen molar-refractivity contribution >= 4 is 40.6 Å². The van der Waals surface area contributed by atoms with Crippen molar-refractivity contribution in [3.05, 3.63) is 74.9 Å². The number of methoxy groups -OCH3 is 2. The first kappa shape index (κ1) is 29.3. The monoisotopic (exact) mass is 557 g/mol. The molecule has 0 aliphatic rings. The molecule has 9 heteroatoms. The maximum Gasteiger partial charge on any atom is 0.322 e. The lowest BCUT2D eigenvalue weighted by molar-refractivity contribution is -0.132. The van der Waals surface area contributed by atoms with E-state index < -0.39 is 0 Å². The molecule has 0 aliphatic carbocycles. The van der Waals surface area contributed by atoms with Crippen molar-refractivity contribution in [2.24, 2.45) is 0 Å². The second-order valence-electron chi connectivity index (χ2n) is 9.00. The summed E-state index contributed by atoms with van der Waals surface area (Å²) in [6.45, 7) is 5.43. The highest BCUT2D eigenvalue weighted by molar-refractivity contribution is 7.09. The van der Waals surface area contributed by atoms with Crippen molar-refractivity contribution in [2.75, 3.05) is 39.2 Å². The van der Waals surface area contributed by atoms with Crippen LogP contribution >= 0.6 is 22.9 Å². The summed E-state index contributed by atoms with van der Waals surface area (Å²) in [5.74, 6) is 1.21. The highest BCUT2D eigenvalue weighted by atomic mass is 35.5. The zero-order valence-corrected chi connectivity index (χ0v) is 24.0. The van der Waals surface area contributed by atoms with Gasteiger partial charge in [0, 0.05) is 28.7 Å². The molecule has 204 valence electrons. The topological polar surface area (TPSA) is 71.1 Å². The molecule has 0 aliphatic heterocycles. The van der Waals surface area contributed by atoms with Gasteiger partial charge in [-0.25, -0.2) is 4.79 Å². The van der Waals surface area contributed by atoms with Crippen LogP contribution in [0.15, 0.2) is 53.9 Å². The van der Waals surface area contributed by atoms with Crippen LogP contribution in [0.3, 0.4) is 0 Å². The quantitative estimate of drug-likeness (QED) is 0.256. The fraction of sp³-hybridized carbons (Fsp3) is 0.379. The number of carbonyl (C=O) groups is 2. The predicted octanol–water partition coefficient (Wildman–Crippen LogP) is 6.63. The van der Waals surface area contributed by atoms with Gasteiger partial charge in [-0.05, 0) is 66.6 Å². The van der Waals surface area contributed by atoms with Crippen LogP contribution in [0.2, 0.25) is 5.02 Å². The normalized spacial score (nSPS) is 10.7. The minimum atomic E-state index is -0.317. The first-order valence-corrected chi connectivity index (χ1v) is 13.9. The van der Waals surface area contributed by atoms with E-state index in [0.717, 1.165) is 28.8 Å². The number of nitrogens with one attached hydrogen (secondary N) is 1. The number of unbranched alkanes of at least 4 members (excludes halogenated alkanes) is 1. The number of amides is 3. The average Bonchev–Trinajstić information content (AvgIpc) is 3.43. The molecule has 2 aromatic carbocycles. The van der Waals surface area contributed by atoms with E-state index in [4.69, 9.17) is 21.1 Å². The van der Waals surface area contributed by atoms with E-state index in [1.165, 1.54) is 0 Å². The van der Waals surface area contributed by atoms with Crippen LogP contribution < -0.4 is 14.8 Å². The van der Waals surface area contributed by atoms with E-state index in [0.29, 0.717) is 48.3 Å². The maximum absolute atomic E-state index is 13.6. The molecule has 0 saturated heterocycles. The molecule has 7 nitrogen and oxygen atoms in total. The Morgan fingerprint density at radius 3 is 2.45 bits per heavy atom. The summed E-state index contributed by atoms with van der Waals surface area (Å²) in [5.41, 5.74) is 2.56. The summed E-state index contributed by atoms with van der Waals surface area (Å²) >= 11 is 7.84. The summed E-state index contributed by atoms with van der Waals surface area (Å²) < 4.78 is 10.8. The molecule has 38 heavy (non-hydrogen) atoms. The highest BCUT2D eigenvalue weighted by Crippen LogP contribution is 2.28. The molecule has 0 unspecified atom stereocenters. The molecule has 0 fully saturated rings. The predicted molar refractivity (Wildman–Crippen MR) is 155 cm³/mol. The molecule has 3 aromatic rings. The molecule has 3 amide bonds. The fourth-order valence-electron chi connectivity index (χ4n) is 3.92. The fourth-order valence-corrected chi connectivity index (χ4v) is 4.82. The second-order valence-corrected chi connectivity index (χ2v) is 10.4. The third kappa shape index (κ3) is 8.39. The second kappa shape index (κ2) is 14.6. The van der Waals surface area contributed by atoms with Gasteiger partial charge in [0.2, 0.25) is 5.91 Å². The number of nitrogens with zero attached hydrogens (tertiary/aromatic N) is 2. The van der Waals surface area contributed by atoms with Gasteiger partial charge in [0.1, 0.15) is 6.54 Å². The molecule has 1 N–H and O–H groups in total. The zero-order chi connectivity index (χ0) is 27.5. The van der Waals surface area contributed by atoms with E-state index in [1.807, 2.05) is 59.7 Å². The molecular formula is C29H36ClN3O4S. The lowest BCUT2D eigenvalue weighted by Crippen LogP contribution is -2.45. The number of urea groups is 1. The number of anilines is 1. The summed E-state index contributed by atoms with van der Waals surface area (Å²) in [5, 5.41) is 5.48. The van der Waals surface area contributed by atoms with Crippen LogP contribution in [-0.4, -0.2) is 55.6 Å². The van der Waals surface area contributed by atoms with Gasteiger partial charge in [-0.1, -0.05) is 43.1 Å². The van der Waals surface area contributed by atoms with Gasteiger partial charge >= 0.3 is 6.03 Å². The van der Waals surface area contributed by atoms with E-state index in [-0.39, 0.29) is 18.5 Å².